The summed E-state index contributed by atoms with van der Waals surface area (Å²) in [7, 11) is -3.63. The van der Waals surface area contributed by atoms with Gasteiger partial charge in [0.25, 0.3) is 0 Å². The minimum absolute atomic E-state index is 0.0142. The lowest BCUT2D eigenvalue weighted by molar-refractivity contribution is -0.139. The summed E-state index contributed by atoms with van der Waals surface area (Å²) in [5, 5.41) is 0. The van der Waals surface area contributed by atoms with E-state index in [1.807, 2.05) is 44.2 Å². The second-order valence-electron chi connectivity index (χ2n) is 7.47. The molecule has 7 nitrogen and oxygen atoms in total. The van der Waals surface area contributed by atoms with Crippen molar-refractivity contribution in [2.45, 2.75) is 37.7 Å². The third-order valence-corrected chi connectivity index (χ3v) is 6.67. The van der Waals surface area contributed by atoms with Crippen molar-refractivity contribution in [3.8, 4) is 5.75 Å². The van der Waals surface area contributed by atoms with Gasteiger partial charge in [0.1, 0.15) is 11.9 Å². The van der Waals surface area contributed by atoms with Crippen molar-refractivity contribution in [2.75, 3.05) is 32.8 Å². The third-order valence-electron chi connectivity index (χ3n) is 5.21. The number of morpholine rings is 1. The molecule has 1 atom stereocenters. The second kappa shape index (κ2) is 10.7. The van der Waals surface area contributed by atoms with E-state index in [1.165, 1.54) is 6.07 Å². The monoisotopic (exact) mass is 446 g/mol. The number of sulfonamides is 1. The first kappa shape index (κ1) is 23.2. The molecule has 0 radical (unpaired) electrons. The Labute approximate surface area is 184 Å². The lowest BCUT2D eigenvalue weighted by Gasteiger charge is -2.33. The quantitative estimate of drug-likeness (QED) is 0.599. The molecule has 2 aromatic carbocycles. The Morgan fingerprint density at radius 1 is 1.23 bits per heavy atom. The summed E-state index contributed by atoms with van der Waals surface area (Å²) in [6, 6.07) is 14.6. The van der Waals surface area contributed by atoms with Crippen molar-refractivity contribution < 1.29 is 22.7 Å². The SMILES string of the molecule is CCOc1ccc(S(=O)(=O)NCCCC(=O)N2CCOC(c3ccccc3)C2)cc1C. The minimum atomic E-state index is -3.63. The summed E-state index contributed by atoms with van der Waals surface area (Å²) in [4.78, 5) is 14.6. The Hall–Kier alpha value is -2.42. The minimum Gasteiger partial charge on any atom is -0.494 e. The molecule has 1 unspecified atom stereocenters. The van der Waals surface area contributed by atoms with Crippen LogP contribution in [0.4, 0.5) is 0 Å². The number of aryl methyl sites for hydroxylation is 1. The van der Waals surface area contributed by atoms with Crippen molar-refractivity contribution in [3.05, 3.63) is 59.7 Å². The van der Waals surface area contributed by atoms with Crippen LogP contribution in [-0.2, 0) is 19.6 Å². The highest BCUT2D eigenvalue weighted by atomic mass is 32.2. The number of benzene rings is 2. The van der Waals surface area contributed by atoms with E-state index in [1.54, 1.807) is 17.0 Å². The van der Waals surface area contributed by atoms with Crippen molar-refractivity contribution >= 4 is 15.9 Å². The van der Waals surface area contributed by atoms with E-state index in [-0.39, 0.29) is 29.9 Å². The maximum atomic E-state index is 12.6. The molecule has 0 bridgehead atoms. The Kier molecular flexibility index (Phi) is 8.06. The highest BCUT2D eigenvalue weighted by Gasteiger charge is 2.25. The van der Waals surface area contributed by atoms with Crippen LogP contribution in [0.5, 0.6) is 5.75 Å². The molecule has 1 aliphatic rings. The molecule has 0 aromatic heterocycles. The molecular weight excluding hydrogens is 416 g/mol. The molecule has 0 aliphatic carbocycles. The third kappa shape index (κ3) is 6.29. The van der Waals surface area contributed by atoms with Gasteiger partial charge in [-0.3, -0.25) is 4.79 Å². The summed E-state index contributed by atoms with van der Waals surface area (Å²) in [6.45, 7) is 5.98. The Balaban J connectivity index is 1.47. The lowest BCUT2D eigenvalue weighted by atomic mass is 10.1. The molecule has 168 valence electrons. The van der Waals surface area contributed by atoms with Gasteiger partial charge >= 0.3 is 0 Å². The summed E-state index contributed by atoms with van der Waals surface area (Å²) >= 11 is 0. The number of nitrogens with zero attached hydrogens (tertiary/aromatic N) is 1. The number of hydrogen-bond donors (Lipinski definition) is 1. The molecule has 1 heterocycles. The van der Waals surface area contributed by atoms with Crippen LogP contribution in [0.3, 0.4) is 0 Å². The second-order valence-corrected chi connectivity index (χ2v) is 9.24. The maximum absolute atomic E-state index is 12.6. The van der Waals surface area contributed by atoms with Gasteiger partial charge in [-0.1, -0.05) is 30.3 Å². The number of carbonyl (C=O) groups excluding carboxylic acids is 1. The van der Waals surface area contributed by atoms with E-state index in [0.717, 1.165) is 11.1 Å². The largest absolute Gasteiger partial charge is 0.494 e. The number of hydrogen-bond acceptors (Lipinski definition) is 5. The number of rotatable bonds is 9. The molecule has 1 N–H and O–H groups in total. The number of nitrogens with one attached hydrogen (secondary N) is 1. The number of amides is 1. The van der Waals surface area contributed by atoms with Gasteiger partial charge in [0.05, 0.1) is 24.7 Å². The summed E-state index contributed by atoms with van der Waals surface area (Å²) in [5.74, 6) is 0.687. The van der Waals surface area contributed by atoms with Crippen LogP contribution in [0.25, 0.3) is 0 Å². The van der Waals surface area contributed by atoms with Crippen LogP contribution >= 0.6 is 0 Å². The fraction of sp³-hybridized carbons (Fsp3) is 0.435. The molecule has 2 aromatic rings. The topological polar surface area (TPSA) is 84.9 Å². The molecule has 3 rings (SSSR count). The van der Waals surface area contributed by atoms with Crippen LogP contribution in [0, 0.1) is 6.92 Å². The smallest absolute Gasteiger partial charge is 0.240 e. The molecule has 1 aliphatic heterocycles. The van der Waals surface area contributed by atoms with Crippen LogP contribution < -0.4 is 9.46 Å². The van der Waals surface area contributed by atoms with Gasteiger partial charge in [-0.15, -0.1) is 0 Å². The van der Waals surface area contributed by atoms with E-state index in [0.29, 0.717) is 38.5 Å². The van der Waals surface area contributed by atoms with Crippen LogP contribution in [0.1, 0.15) is 37.0 Å². The molecule has 1 saturated heterocycles. The average Bonchev–Trinajstić information content (AvgIpc) is 2.78. The fourth-order valence-corrected chi connectivity index (χ4v) is 4.70. The molecule has 8 heteroatoms. The van der Waals surface area contributed by atoms with Gasteiger partial charge in [0.15, 0.2) is 0 Å². The molecule has 0 spiro atoms. The maximum Gasteiger partial charge on any atom is 0.240 e. The standard InChI is InChI=1S/C23H30N2O5S/c1-3-29-21-12-11-20(16-18(21)2)31(27,28)24-13-7-10-23(26)25-14-15-30-22(17-25)19-8-5-4-6-9-19/h4-6,8-9,11-12,16,22,24H,3,7,10,13-15,17H2,1-2H3. The summed E-state index contributed by atoms with van der Waals surface area (Å²) in [6.07, 6.45) is 0.591. The first-order valence-electron chi connectivity index (χ1n) is 10.6. The molecule has 1 amide bonds. The number of carbonyl (C=O) groups is 1. The lowest BCUT2D eigenvalue weighted by Crippen LogP contribution is -2.42. The van der Waals surface area contributed by atoms with Crippen LogP contribution in [-0.4, -0.2) is 52.1 Å². The highest BCUT2D eigenvalue weighted by molar-refractivity contribution is 7.89. The molecule has 1 fully saturated rings. The van der Waals surface area contributed by atoms with E-state index < -0.39 is 10.0 Å². The van der Waals surface area contributed by atoms with Crippen LogP contribution in [0.2, 0.25) is 0 Å². The Bertz CT molecular complexity index is 979. The molecular formula is C23H30N2O5S. The van der Waals surface area contributed by atoms with Gasteiger partial charge in [0.2, 0.25) is 15.9 Å². The normalized spacial score (nSPS) is 16.8. The van der Waals surface area contributed by atoms with Crippen molar-refractivity contribution in [1.29, 1.82) is 0 Å². The predicted octanol–water partition coefficient (Wildman–Crippen LogP) is 3.05. The van der Waals surface area contributed by atoms with Gasteiger partial charge in [0, 0.05) is 19.5 Å². The zero-order valence-corrected chi connectivity index (χ0v) is 18.9. The van der Waals surface area contributed by atoms with Gasteiger partial charge in [-0.05, 0) is 49.6 Å². The van der Waals surface area contributed by atoms with Crippen molar-refractivity contribution in [1.82, 2.24) is 9.62 Å². The van der Waals surface area contributed by atoms with Crippen molar-refractivity contribution in [3.63, 3.8) is 0 Å². The zero-order chi connectivity index (χ0) is 22.3. The highest BCUT2D eigenvalue weighted by Crippen LogP contribution is 2.23. The Morgan fingerprint density at radius 2 is 2.00 bits per heavy atom. The van der Waals surface area contributed by atoms with Crippen molar-refractivity contribution in [2.24, 2.45) is 0 Å². The van der Waals surface area contributed by atoms with Gasteiger partial charge in [-0.25, -0.2) is 13.1 Å². The molecule has 0 saturated carbocycles. The first-order valence-corrected chi connectivity index (χ1v) is 12.1. The van der Waals surface area contributed by atoms with E-state index in [9.17, 15) is 13.2 Å². The van der Waals surface area contributed by atoms with E-state index in [2.05, 4.69) is 4.72 Å². The summed E-state index contributed by atoms with van der Waals surface area (Å²) in [5.41, 5.74) is 1.82. The first-order chi connectivity index (χ1) is 14.9. The van der Waals surface area contributed by atoms with Gasteiger partial charge < -0.3 is 14.4 Å². The fourth-order valence-electron chi connectivity index (χ4n) is 3.54. The Morgan fingerprint density at radius 3 is 2.71 bits per heavy atom. The number of ether oxygens (including phenoxy) is 2. The van der Waals surface area contributed by atoms with Crippen LogP contribution in [0.15, 0.2) is 53.4 Å². The van der Waals surface area contributed by atoms with E-state index >= 15 is 0 Å². The average molecular weight is 447 g/mol. The zero-order valence-electron chi connectivity index (χ0n) is 18.0. The van der Waals surface area contributed by atoms with Gasteiger partial charge in [-0.2, -0.15) is 0 Å². The molecule has 31 heavy (non-hydrogen) atoms. The van der Waals surface area contributed by atoms with E-state index in [4.69, 9.17) is 9.47 Å². The predicted molar refractivity (Wildman–Crippen MR) is 118 cm³/mol. The summed E-state index contributed by atoms with van der Waals surface area (Å²) < 4.78 is 38.9.